The predicted octanol–water partition coefficient (Wildman–Crippen LogP) is 9.65. The van der Waals surface area contributed by atoms with E-state index >= 15 is 0 Å². The van der Waals surface area contributed by atoms with E-state index in [9.17, 15) is 14.4 Å². The van der Waals surface area contributed by atoms with Crippen LogP contribution in [0.3, 0.4) is 0 Å². The summed E-state index contributed by atoms with van der Waals surface area (Å²) < 4.78 is 0. The molecular formula is C40H31ClN4O3S2. The Morgan fingerprint density at radius 1 is 0.760 bits per heavy atom. The maximum atomic E-state index is 13.8. The standard InChI is InChI=1S/C40H31ClN4O3S2/c1-26-35(28-11-5-2-6-12-28)44-40(49-26)45-39(48)36(29-13-7-3-8-14-29)50-33-23-21-32(22-24-33)42-38(47)34(25-27-17-19-31(41)20-18-27)43-37(46)30-15-9-4-10-16-30/h2-25,36H,1H3,(H,42,47)(H,43,46)(H,44,45,48)/b34-25-. The third-order valence-corrected chi connectivity index (χ3v) is 9.89. The van der Waals surface area contributed by atoms with Gasteiger partial charge in [-0.05, 0) is 72.7 Å². The molecule has 50 heavy (non-hydrogen) atoms. The highest BCUT2D eigenvalue weighted by molar-refractivity contribution is 8.00. The number of thioether (sulfide) groups is 1. The maximum Gasteiger partial charge on any atom is 0.272 e. The molecule has 0 saturated carbocycles. The first-order valence-electron chi connectivity index (χ1n) is 15.6. The van der Waals surface area contributed by atoms with E-state index in [1.165, 1.54) is 23.1 Å². The molecule has 0 bridgehead atoms. The molecule has 0 aliphatic heterocycles. The number of anilines is 2. The third-order valence-electron chi connectivity index (χ3n) is 7.49. The summed E-state index contributed by atoms with van der Waals surface area (Å²) in [6, 6.07) is 42.3. The van der Waals surface area contributed by atoms with Gasteiger partial charge in [0.15, 0.2) is 5.13 Å². The zero-order chi connectivity index (χ0) is 34.9. The van der Waals surface area contributed by atoms with Gasteiger partial charge < -0.3 is 16.0 Å². The molecule has 0 saturated heterocycles. The van der Waals surface area contributed by atoms with Gasteiger partial charge >= 0.3 is 0 Å². The van der Waals surface area contributed by atoms with Crippen LogP contribution in [0.15, 0.2) is 150 Å². The minimum atomic E-state index is -0.567. The SMILES string of the molecule is Cc1sc(NC(=O)C(Sc2ccc(NC(=O)/C(=C/c3ccc(Cl)cc3)NC(=O)c3ccccc3)cc2)c2ccccc2)nc1-c1ccccc1. The van der Waals surface area contributed by atoms with Crippen molar-refractivity contribution in [2.24, 2.45) is 0 Å². The summed E-state index contributed by atoms with van der Waals surface area (Å²) in [7, 11) is 0. The number of thiazole rings is 1. The number of hydrogen-bond donors (Lipinski definition) is 3. The van der Waals surface area contributed by atoms with Crippen molar-refractivity contribution in [2.45, 2.75) is 17.1 Å². The van der Waals surface area contributed by atoms with Crippen molar-refractivity contribution in [1.29, 1.82) is 0 Å². The molecule has 0 aliphatic carbocycles. The molecule has 1 unspecified atom stereocenters. The predicted molar refractivity (Wildman–Crippen MR) is 204 cm³/mol. The lowest BCUT2D eigenvalue weighted by Crippen LogP contribution is -2.30. The molecule has 6 rings (SSSR count). The molecule has 1 aromatic heterocycles. The van der Waals surface area contributed by atoms with Crippen molar-refractivity contribution < 1.29 is 14.4 Å². The number of carbonyl (C=O) groups is 3. The fourth-order valence-electron chi connectivity index (χ4n) is 5.00. The van der Waals surface area contributed by atoms with Crippen LogP contribution in [0.4, 0.5) is 10.8 Å². The van der Waals surface area contributed by atoms with Crippen LogP contribution in [0.5, 0.6) is 0 Å². The van der Waals surface area contributed by atoms with Gasteiger partial charge in [0, 0.05) is 31.6 Å². The molecule has 0 aliphatic rings. The molecule has 6 aromatic rings. The monoisotopic (exact) mass is 714 g/mol. The van der Waals surface area contributed by atoms with Crippen molar-refractivity contribution in [2.75, 3.05) is 10.6 Å². The van der Waals surface area contributed by atoms with Crippen LogP contribution < -0.4 is 16.0 Å². The van der Waals surface area contributed by atoms with Gasteiger partial charge in [-0.15, -0.1) is 23.1 Å². The normalized spacial score (nSPS) is 11.8. The van der Waals surface area contributed by atoms with E-state index in [0.717, 1.165) is 26.6 Å². The van der Waals surface area contributed by atoms with Crippen LogP contribution in [0.1, 0.15) is 31.6 Å². The number of halogens is 1. The zero-order valence-corrected chi connectivity index (χ0v) is 29.2. The summed E-state index contributed by atoms with van der Waals surface area (Å²) in [4.78, 5) is 46.8. The van der Waals surface area contributed by atoms with E-state index in [1.54, 1.807) is 66.7 Å². The Balaban J connectivity index is 1.18. The number of aryl methyl sites for hydroxylation is 1. The molecule has 3 N–H and O–H groups in total. The quantitative estimate of drug-likeness (QED) is 0.0917. The van der Waals surface area contributed by atoms with Gasteiger partial charge in [-0.25, -0.2) is 4.98 Å². The number of benzene rings is 5. The number of amides is 3. The largest absolute Gasteiger partial charge is 0.321 e. The minimum absolute atomic E-state index is 0.0632. The Hall–Kier alpha value is -5.48. The fraction of sp³-hybridized carbons (Fsp3) is 0.0500. The Labute approximate surface area is 303 Å². The summed E-state index contributed by atoms with van der Waals surface area (Å²) in [6.45, 7) is 1.99. The second-order valence-corrected chi connectivity index (χ2v) is 13.9. The second-order valence-electron chi connectivity index (χ2n) is 11.1. The lowest BCUT2D eigenvalue weighted by Gasteiger charge is -2.17. The van der Waals surface area contributed by atoms with Crippen LogP contribution >= 0.6 is 34.7 Å². The van der Waals surface area contributed by atoms with Gasteiger partial charge in [-0.3, -0.25) is 14.4 Å². The smallest absolute Gasteiger partial charge is 0.272 e. The van der Waals surface area contributed by atoms with Crippen molar-refractivity contribution in [3.8, 4) is 11.3 Å². The summed E-state index contributed by atoms with van der Waals surface area (Å²) in [5.74, 6) is -1.11. The number of carbonyl (C=O) groups excluding carboxylic acids is 3. The molecule has 0 fully saturated rings. The highest BCUT2D eigenvalue weighted by atomic mass is 35.5. The third kappa shape index (κ3) is 8.95. The molecule has 3 amide bonds. The lowest BCUT2D eigenvalue weighted by molar-refractivity contribution is -0.116. The molecular weight excluding hydrogens is 684 g/mol. The number of hydrogen-bond acceptors (Lipinski definition) is 6. The number of rotatable bonds is 11. The van der Waals surface area contributed by atoms with Gasteiger partial charge in [-0.2, -0.15) is 0 Å². The van der Waals surface area contributed by atoms with E-state index in [2.05, 4.69) is 16.0 Å². The molecule has 248 valence electrons. The highest BCUT2D eigenvalue weighted by Crippen LogP contribution is 2.38. The average Bonchev–Trinajstić information content (AvgIpc) is 3.52. The second kappa shape index (κ2) is 16.3. The van der Waals surface area contributed by atoms with Gasteiger partial charge in [0.05, 0.1) is 5.69 Å². The van der Waals surface area contributed by atoms with Gasteiger partial charge in [0.2, 0.25) is 5.91 Å². The average molecular weight is 715 g/mol. The molecule has 7 nitrogen and oxygen atoms in total. The van der Waals surface area contributed by atoms with Gasteiger partial charge in [0.25, 0.3) is 11.8 Å². The lowest BCUT2D eigenvalue weighted by atomic mass is 10.1. The van der Waals surface area contributed by atoms with E-state index in [-0.39, 0.29) is 11.6 Å². The molecule has 1 heterocycles. The van der Waals surface area contributed by atoms with Crippen LogP contribution in [0, 0.1) is 6.92 Å². The van der Waals surface area contributed by atoms with Crippen LogP contribution in [-0.4, -0.2) is 22.7 Å². The van der Waals surface area contributed by atoms with E-state index in [4.69, 9.17) is 16.6 Å². The molecule has 1 atom stereocenters. The Morgan fingerprint density at radius 3 is 2.04 bits per heavy atom. The first kappa shape index (κ1) is 34.4. The minimum Gasteiger partial charge on any atom is -0.321 e. The summed E-state index contributed by atoms with van der Waals surface area (Å²) >= 11 is 8.88. The van der Waals surface area contributed by atoms with Crippen LogP contribution in [0.25, 0.3) is 17.3 Å². The van der Waals surface area contributed by atoms with Crippen molar-refractivity contribution in [3.05, 3.63) is 172 Å². The van der Waals surface area contributed by atoms with E-state index < -0.39 is 17.1 Å². The van der Waals surface area contributed by atoms with Crippen molar-refractivity contribution >= 4 is 69.3 Å². The van der Waals surface area contributed by atoms with Crippen LogP contribution in [-0.2, 0) is 9.59 Å². The summed E-state index contributed by atoms with van der Waals surface area (Å²) in [5, 5.41) is 9.18. The molecule has 10 heteroatoms. The fourth-order valence-corrected chi connectivity index (χ4v) is 6.99. The summed E-state index contributed by atoms with van der Waals surface area (Å²) in [6.07, 6.45) is 1.59. The molecule has 0 radical (unpaired) electrons. The Bertz CT molecular complexity index is 2120. The van der Waals surface area contributed by atoms with Gasteiger partial charge in [-0.1, -0.05) is 103 Å². The highest BCUT2D eigenvalue weighted by Gasteiger charge is 2.24. The van der Waals surface area contributed by atoms with E-state index in [1.807, 2.05) is 85.8 Å². The first-order chi connectivity index (χ1) is 24.3. The summed E-state index contributed by atoms with van der Waals surface area (Å²) in [5.41, 5.74) is 4.37. The molecule has 5 aromatic carbocycles. The number of aromatic nitrogens is 1. The van der Waals surface area contributed by atoms with Crippen molar-refractivity contribution in [1.82, 2.24) is 10.3 Å². The number of nitrogens with zero attached hydrogens (tertiary/aromatic N) is 1. The topological polar surface area (TPSA) is 100 Å². The van der Waals surface area contributed by atoms with Crippen molar-refractivity contribution in [3.63, 3.8) is 0 Å². The molecule has 0 spiro atoms. The van der Waals surface area contributed by atoms with Gasteiger partial charge in [0.1, 0.15) is 10.9 Å². The Morgan fingerprint density at radius 2 is 1.38 bits per heavy atom. The zero-order valence-electron chi connectivity index (χ0n) is 26.8. The van der Waals surface area contributed by atoms with Crippen LogP contribution in [0.2, 0.25) is 5.02 Å². The number of nitrogens with one attached hydrogen (secondary N) is 3. The van der Waals surface area contributed by atoms with E-state index in [0.29, 0.717) is 27.0 Å². The maximum absolute atomic E-state index is 13.8. The first-order valence-corrected chi connectivity index (χ1v) is 17.7. The Kier molecular flexibility index (Phi) is 11.2.